The van der Waals surface area contributed by atoms with Gasteiger partial charge in [0.05, 0.1) is 11.2 Å². The average Bonchev–Trinajstić information content (AvgIpc) is 2.96. The van der Waals surface area contributed by atoms with E-state index in [9.17, 15) is 9.59 Å². The van der Waals surface area contributed by atoms with Crippen molar-refractivity contribution in [2.24, 2.45) is 0 Å². The number of amides is 1. The van der Waals surface area contributed by atoms with Crippen LogP contribution in [0.5, 0.6) is 0 Å². The lowest BCUT2D eigenvalue weighted by molar-refractivity contribution is -0.118. The summed E-state index contributed by atoms with van der Waals surface area (Å²) in [5.41, 5.74) is 2.36. The molecule has 0 atom stereocenters. The summed E-state index contributed by atoms with van der Waals surface area (Å²) in [6.45, 7) is 1.21. The summed E-state index contributed by atoms with van der Waals surface area (Å²) < 4.78 is 6.83. The molecule has 1 amide bonds. The van der Waals surface area contributed by atoms with E-state index < -0.39 is 0 Å². The maximum atomic E-state index is 12.6. The number of carbonyl (C=O) groups is 1. The first-order valence-electron chi connectivity index (χ1n) is 8.34. The van der Waals surface area contributed by atoms with Gasteiger partial charge in [-0.1, -0.05) is 24.3 Å². The molecule has 3 aromatic rings. The largest absolute Gasteiger partial charge is 0.419 e. The molecule has 5 nitrogen and oxygen atoms in total. The summed E-state index contributed by atoms with van der Waals surface area (Å²) in [7, 11) is 0. The number of benzene rings is 2. The smallest absolute Gasteiger partial charge is 0.408 e. The van der Waals surface area contributed by atoms with E-state index >= 15 is 0 Å². The predicted molar refractivity (Wildman–Crippen MR) is 99.2 cm³/mol. The van der Waals surface area contributed by atoms with E-state index in [-0.39, 0.29) is 11.7 Å². The van der Waals surface area contributed by atoms with Gasteiger partial charge in [-0.25, -0.2) is 4.79 Å². The molecule has 1 aromatic heterocycles. The number of hydrogen-bond donors (Lipinski definition) is 0. The fourth-order valence-corrected chi connectivity index (χ4v) is 4.17. The number of hydrogen-bond acceptors (Lipinski definition) is 4. The molecule has 1 aliphatic rings. The first-order chi connectivity index (χ1) is 12.2. The second-order valence-corrected chi connectivity index (χ2v) is 7.09. The van der Waals surface area contributed by atoms with E-state index in [1.165, 1.54) is 0 Å². The van der Waals surface area contributed by atoms with Crippen LogP contribution in [0.25, 0.3) is 11.1 Å². The third-order valence-corrected chi connectivity index (χ3v) is 5.42. The van der Waals surface area contributed by atoms with Crippen molar-refractivity contribution in [3.05, 3.63) is 59.1 Å². The monoisotopic (exact) mass is 354 g/mol. The predicted octanol–water partition coefficient (Wildman–Crippen LogP) is 3.51. The highest BCUT2D eigenvalue weighted by molar-refractivity contribution is 7.99. The molecule has 0 fully saturated rings. The molecule has 1 aliphatic heterocycles. The minimum Gasteiger partial charge on any atom is -0.408 e. The van der Waals surface area contributed by atoms with Crippen molar-refractivity contribution in [3.63, 3.8) is 0 Å². The summed E-state index contributed by atoms with van der Waals surface area (Å²) in [6, 6.07) is 15.4. The highest BCUT2D eigenvalue weighted by atomic mass is 32.2. The van der Waals surface area contributed by atoms with Crippen LogP contribution in [0.3, 0.4) is 0 Å². The van der Waals surface area contributed by atoms with E-state index in [4.69, 9.17) is 4.42 Å². The molecule has 2 aromatic carbocycles. The zero-order chi connectivity index (χ0) is 17.2. The maximum absolute atomic E-state index is 12.6. The van der Waals surface area contributed by atoms with Crippen LogP contribution in [0.4, 0.5) is 5.69 Å². The molecule has 0 radical (unpaired) electrons. The van der Waals surface area contributed by atoms with Gasteiger partial charge < -0.3 is 9.32 Å². The summed E-state index contributed by atoms with van der Waals surface area (Å²) in [4.78, 5) is 27.6. The van der Waals surface area contributed by atoms with Crippen molar-refractivity contribution in [2.45, 2.75) is 24.3 Å². The third kappa shape index (κ3) is 3.09. The number of rotatable bonds is 4. The summed E-state index contributed by atoms with van der Waals surface area (Å²) in [5.74, 6) is 0.649. The van der Waals surface area contributed by atoms with Crippen molar-refractivity contribution in [1.29, 1.82) is 0 Å². The number of carbonyl (C=O) groups excluding carboxylic acids is 1. The number of fused-ring (bicyclic) bond motifs is 2. The van der Waals surface area contributed by atoms with Gasteiger partial charge in [0, 0.05) is 30.2 Å². The Bertz CT molecular complexity index is 976. The molecule has 0 N–H and O–H groups in total. The topological polar surface area (TPSA) is 55.5 Å². The van der Waals surface area contributed by atoms with Crippen LogP contribution in [0.1, 0.15) is 12.8 Å². The quantitative estimate of drug-likeness (QED) is 0.719. The number of thioether (sulfide) groups is 1. The number of nitrogens with zero attached hydrogens (tertiary/aromatic N) is 2. The van der Waals surface area contributed by atoms with Crippen molar-refractivity contribution in [3.8, 4) is 0 Å². The van der Waals surface area contributed by atoms with Gasteiger partial charge in [0.25, 0.3) is 0 Å². The highest BCUT2D eigenvalue weighted by Gasteiger charge is 2.22. The number of oxazole rings is 1. The molecule has 0 bridgehead atoms. The Morgan fingerprint density at radius 1 is 1.12 bits per heavy atom. The van der Waals surface area contributed by atoms with Crippen LogP contribution < -0.4 is 10.7 Å². The van der Waals surface area contributed by atoms with E-state index in [2.05, 4.69) is 6.07 Å². The van der Waals surface area contributed by atoms with Crippen LogP contribution in [0.15, 0.2) is 62.6 Å². The molecule has 4 rings (SSSR count). The second-order valence-electron chi connectivity index (χ2n) is 5.95. The third-order valence-electron chi connectivity index (χ3n) is 4.38. The van der Waals surface area contributed by atoms with Gasteiger partial charge >= 0.3 is 5.76 Å². The van der Waals surface area contributed by atoms with Crippen LogP contribution in [0, 0.1) is 0 Å². The van der Waals surface area contributed by atoms with E-state index in [0.29, 0.717) is 25.0 Å². The fraction of sp³-hybridized carbons (Fsp3) is 0.263. The Morgan fingerprint density at radius 3 is 2.84 bits per heavy atom. The SMILES string of the molecule is O=C(CCCn1c(=O)oc2ccccc21)N1CCSc2ccccc21. The van der Waals surface area contributed by atoms with E-state index in [1.807, 2.05) is 41.3 Å². The summed E-state index contributed by atoms with van der Waals surface area (Å²) >= 11 is 1.78. The molecule has 0 unspecified atom stereocenters. The van der Waals surface area contributed by atoms with Crippen molar-refractivity contribution >= 4 is 34.5 Å². The Hall–Kier alpha value is -2.47. The Kier molecular flexibility index (Phi) is 4.36. The number of aryl methyl sites for hydroxylation is 1. The van der Waals surface area contributed by atoms with Gasteiger partial charge in [-0.05, 0) is 30.7 Å². The average molecular weight is 354 g/mol. The van der Waals surface area contributed by atoms with Crippen LogP contribution in [-0.2, 0) is 11.3 Å². The van der Waals surface area contributed by atoms with Gasteiger partial charge in [0.2, 0.25) is 5.91 Å². The van der Waals surface area contributed by atoms with Crippen molar-refractivity contribution in [1.82, 2.24) is 4.57 Å². The Labute approximate surface area is 149 Å². The second kappa shape index (κ2) is 6.80. The minimum atomic E-state index is -0.367. The number of anilines is 1. The lowest BCUT2D eigenvalue weighted by Gasteiger charge is -2.29. The Balaban J connectivity index is 1.45. The number of para-hydroxylation sites is 3. The molecule has 0 saturated heterocycles. The molecular weight excluding hydrogens is 336 g/mol. The number of aromatic nitrogens is 1. The molecule has 25 heavy (non-hydrogen) atoms. The van der Waals surface area contributed by atoms with Gasteiger partial charge in [-0.2, -0.15) is 0 Å². The maximum Gasteiger partial charge on any atom is 0.419 e. The van der Waals surface area contributed by atoms with Crippen molar-refractivity contribution < 1.29 is 9.21 Å². The van der Waals surface area contributed by atoms with Gasteiger partial charge in [-0.3, -0.25) is 9.36 Å². The van der Waals surface area contributed by atoms with Gasteiger partial charge in [0.15, 0.2) is 5.58 Å². The molecule has 6 heteroatoms. The summed E-state index contributed by atoms with van der Waals surface area (Å²) in [6.07, 6.45) is 1.01. The molecule has 2 heterocycles. The van der Waals surface area contributed by atoms with E-state index in [1.54, 1.807) is 22.4 Å². The zero-order valence-electron chi connectivity index (χ0n) is 13.7. The van der Waals surface area contributed by atoms with Crippen LogP contribution in [0.2, 0.25) is 0 Å². The lowest BCUT2D eigenvalue weighted by Crippen LogP contribution is -2.35. The molecular formula is C19H18N2O3S. The lowest BCUT2D eigenvalue weighted by atomic mass is 10.2. The van der Waals surface area contributed by atoms with E-state index in [0.717, 1.165) is 28.4 Å². The molecule has 0 aliphatic carbocycles. The van der Waals surface area contributed by atoms with Gasteiger partial charge in [0.1, 0.15) is 0 Å². The Morgan fingerprint density at radius 2 is 1.92 bits per heavy atom. The standard InChI is InChI=1S/C19H18N2O3S/c22-18(20-12-13-25-17-9-4-2-7-15(17)20)10-5-11-21-14-6-1-3-8-16(14)24-19(21)23/h1-4,6-9H,5,10-13H2. The minimum absolute atomic E-state index is 0.105. The summed E-state index contributed by atoms with van der Waals surface area (Å²) in [5, 5.41) is 0. The normalized spacial score (nSPS) is 13.8. The molecule has 128 valence electrons. The molecule has 0 saturated carbocycles. The zero-order valence-corrected chi connectivity index (χ0v) is 14.5. The highest BCUT2D eigenvalue weighted by Crippen LogP contribution is 2.34. The first kappa shape index (κ1) is 16.0. The van der Waals surface area contributed by atoms with Gasteiger partial charge in [-0.15, -0.1) is 11.8 Å². The first-order valence-corrected chi connectivity index (χ1v) is 9.33. The van der Waals surface area contributed by atoms with Crippen molar-refractivity contribution in [2.75, 3.05) is 17.2 Å². The van der Waals surface area contributed by atoms with Crippen LogP contribution in [-0.4, -0.2) is 22.8 Å². The fourth-order valence-electron chi connectivity index (χ4n) is 3.18. The molecule has 0 spiro atoms. The van der Waals surface area contributed by atoms with Crippen LogP contribution >= 0.6 is 11.8 Å².